The molecule has 1 saturated carbocycles. The number of nitrogens with one attached hydrogen (secondary N) is 1. The number of sulfonamides is 1. The standard InChI is InChI=1S/C20H19FN6O3S/c1-26-19-13(10-23-26)3-4-16(30-2)18(19)25-31(28,29)15-11-24-27(12-15)17-9-14(5-8-22-17)20(21)6-7-20/h3-5,8-12,25H,6-7H2,1-2H3. The number of fused-ring (bicyclic) bond motifs is 1. The Bertz CT molecular complexity index is 1410. The predicted molar refractivity (Wildman–Crippen MR) is 111 cm³/mol. The van der Waals surface area contributed by atoms with Crippen LogP contribution < -0.4 is 9.46 Å². The summed E-state index contributed by atoms with van der Waals surface area (Å²) >= 11 is 0. The molecule has 3 heterocycles. The number of pyridine rings is 1. The lowest BCUT2D eigenvalue weighted by atomic mass is 10.1. The highest BCUT2D eigenvalue weighted by atomic mass is 32.2. The van der Waals surface area contributed by atoms with Crippen molar-refractivity contribution in [2.75, 3.05) is 11.8 Å². The molecule has 1 aliphatic carbocycles. The smallest absolute Gasteiger partial charge is 0.265 e. The van der Waals surface area contributed by atoms with Crippen LogP contribution in [0.2, 0.25) is 0 Å². The van der Waals surface area contributed by atoms with E-state index in [-0.39, 0.29) is 10.6 Å². The molecule has 1 aliphatic rings. The molecule has 31 heavy (non-hydrogen) atoms. The molecule has 0 aliphatic heterocycles. The van der Waals surface area contributed by atoms with Crippen LogP contribution in [-0.4, -0.2) is 40.1 Å². The van der Waals surface area contributed by atoms with Crippen molar-refractivity contribution in [2.45, 2.75) is 23.4 Å². The van der Waals surface area contributed by atoms with Crippen LogP contribution in [-0.2, 0) is 22.7 Å². The Morgan fingerprint density at radius 1 is 1.19 bits per heavy atom. The second-order valence-electron chi connectivity index (χ2n) is 7.44. The molecule has 1 N–H and O–H groups in total. The van der Waals surface area contributed by atoms with Crippen LogP contribution in [0.1, 0.15) is 18.4 Å². The molecule has 4 aromatic rings. The van der Waals surface area contributed by atoms with Crippen molar-refractivity contribution in [3.63, 3.8) is 0 Å². The highest BCUT2D eigenvalue weighted by Gasteiger charge is 2.45. The van der Waals surface area contributed by atoms with Crippen molar-refractivity contribution in [1.29, 1.82) is 0 Å². The number of hydrogen-bond donors (Lipinski definition) is 1. The van der Waals surface area contributed by atoms with Crippen LogP contribution in [0, 0.1) is 0 Å². The van der Waals surface area contributed by atoms with Crippen LogP contribution in [0.25, 0.3) is 16.7 Å². The molecule has 3 aromatic heterocycles. The van der Waals surface area contributed by atoms with Crippen molar-refractivity contribution in [2.24, 2.45) is 7.05 Å². The van der Waals surface area contributed by atoms with Gasteiger partial charge < -0.3 is 4.74 Å². The summed E-state index contributed by atoms with van der Waals surface area (Å²) in [5.41, 5.74) is 0.0612. The van der Waals surface area contributed by atoms with E-state index >= 15 is 0 Å². The Balaban J connectivity index is 1.50. The van der Waals surface area contributed by atoms with Gasteiger partial charge in [0.1, 0.15) is 22.0 Å². The van der Waals surface area contributed by atoms with Crippen molar-refractivity contribution in [1.82, 2.24) is 24.5 Å². The van der Waals surface area contributed by atoms with Gasteiger partial charge in [-0.15, -0.1) is 0 Å². The molecule has 0 saturated heterocycles. The molecule has 1 aromatic carbocycles. The van der Waals surface area contributed by atoms with Gasteiger partial charge in [-0.05, 0) is 42.7 Å². The van der Waals surface area contributed by atoms with Crippen molar-refractivity contribution in [3.8, 4) is 11.6 Å². The molecule has 160 valence electrons. The van der Waals surface area contributed by atoms with Crippen LogP contribution in [0.15, 0.2) is 53.9 Å². The first-order chi connectivity index (χ1) is 14.8. The first-order valence-corrected chi connectivity index (χ1v) is 11.0. The average Bonchev–Trinajstić information content (AvgIpc) is 3.16. The third-order valence-corrected chi connectivity index (χ3v) is 6.68. The van der Waals surface area contributed by atoms with Gasteiger partial charge >= 0.3 is 0 Å². The fourth-order valence-corrected chi connectivity index (χ4v) is 4.51. The average molecular weight is 442 g/mol. The molecular formula is C20H19FN6O3S. The van der Waals surface area contributed by atoms with E-state index in [2.05, 4.69) is 19.9 Å². The normalized spacial score (nSPS) is 15.2. The summed E-state index contributed by atoms with van der Waals surface area (Å²) in [5.74, 6) is 0.702. The Morgan fingerprint density at radius 2 is 2.00 bits per heavy atom. The zero-order valence-electron chi connectivity index (χ0n) is 16.8. The molecule has 11 heteroatoms. The zero-order valence-corrected chi connectivity index (χ0v) is 17.6. The quantitative estimate of drug-likeness (QED) is 0.492. The molecule has 0 atom stereocenters. The van der Waals surface area contributed by atoms with Gasteiger partial charge in [0, 0.05) is 18.6 Å². The minimum Gasteiger partial charge on any atom is -0.494 e. The molecule has 0 radical (unpaired) electrons. The van der Waals surface area contributed by atoms with Gasteiger partial charge in [-0.25, -0.2) is 22.5 Å². The lowest BCUT2D eigenvalue weighted by Gasteiger charge is -2.13. The van der Waals surface area contributed by atoms with E-state index in [1.807, 2.05) is 0 Å². The number of hydrogen-bond acceptors (Lipinski definition) is 6. The van der Waals surface area contributed by atoms with Gasteiger partial charge in [-0.2, -0.15) is 10.2 Å². The maximum atomic E-state index is 14.4. The maximum Gasteiger partial charge on any atom is 0.265 e. The highest BCUT2D eigenvalue weighted by molar-refractivity contribution is 7.92. The molecule has 9 nitrogen and oxygen atoms in total. The topological polar surface area (TPSA) is 104 Å². The van der Waals surface area contributed by atoms with Gasteiger partial charge in [0.25, 0.3) is 10.0 Å². The Labute approximate surface area is 177 Å². The van der Waals surface area contributed by atoms with E-state index < -0.39 is 15.7 Å². The first kappa shape index (κ1) is 19.5. The molecule has 0 spiro atoms. The van der Waals surface area contributed by atoms with Gasteiger partial charge in [0.15, 0.2) is 5.82 Å². The van der Waals surface area contributed by atoms with Gasteiger partial charge in [0.2, 0.25) is 0 Å². The number of ether oxygens (including phenoxy) is 1. The van der Waals surface area contributed by atoms with E-state index in [0.717, 1.165) is 5.39 Å². The Kier molecular flexibility index (Phi) is 4.26. The second kappa shape index (κ2) is 6.77. The van der Waals surface area contributed by atoms with Crippen molar-refractivity contribution in [3.05, 3.63) is 54.6 Å². The van der Waals surface area contributed by atoms with E-state index in [1.54, 1.807) is 42.2 Å². The third-order valence-electron chi connectivity index (χ3n) is 5.38. The summed E-state index contributed by atoms with van der Waals surface area (Å²) in [7, 11) is -0.824. The number of alkyl halides is 1. The molecule has 0 bridgehead atoms. The van der Waals surface area contributed by atoms with Gasteiger partial charge in [-0.3, -0.25) is 9.40 Å². The zero-order chi connectivity index (χ0) is 21.8. The minimum atomic E-state index is -4.00. The van der Waals surface area contributed by atoms with Crippen LogP contribution >= 0.6 is 0 Å². The summed E-state index contributed by atoms with van der Waals surface area (Å²) in [6.45, 7) is 0. The monoisotopic (exact) mass is 442 g/mol. The molecular weight excluding hydrogens is 423 g/mol. The highest BCUT2D eigenvalue weighted by Crippen LogP contribution is 2.49. The summed E-state index contributed by atoms with van der Waals surface area (Å²) in [6.07, 6.45) is 6.63. The largest absolute Gasteiger partial charge is 0.494 e. The Hall–Kier alpha value is -3.47. The summed E-state index contributed by atoms with van der Waals surface area (Å²) in [6, 6.07) is 6.68. The van der Waals surface area contributed by atoms with Crippen molar-refractivity contribution >= 4 is 26.6 Å². The fraction of sp³-hybridized carbons (Fsp3) is 0.250. The summed E-state index contributed by atoms with van der Waals surface area (Å²) in [4.78, 5) is 4.12. The number of aromatic nitrogens is 5. The SMILES string of the molecule is COc1ccc2cnn(C)c2c1NS(=O)(=O)c1cnn(-c2cc(C3(F)CC3)ccn2)c1. The Morgan fingerprint density at radius 3 is 2.74 bits per heavy atom. The summed E-state index contributed by atoms with van der Waals surface area (Å²) in [5, 5.41) is 9.06. The second-order valence-corrected chi connectivity index (χ2v) is 9.13. The maximum absolute atomic E-state index is 14.4. The van der Waals surface area contributed by atoms with Gasteiger partial charge in [0.05, 0.1) is 31.2 Å². The predicted octanol–water partition coefficient (Wildman–Crippen LogP) is 2.92. The van der Waals surface area contributed by atoms with E-state index in [9.17, 15) is 12.8 Å². The third kappa shape index (κ3) is 3.30. The number of anilines is 1. The van der Waals surface area contributed by atoms with Crippen LogP contribution in [0.4, 0.5) is 10.1 Å². The van der Waals surface area contributed by atoms with Crippen LogP contribution in [0.3, 0.4) is 0 Å². The minimum absolute atomic E-state index is 0.0673. The molecule has 1 fully saturated rings. The molecule has 0 amide bonds. The number of aryl methyl sites for hydroxylation is 1. The van der Waals surface area contributed by atoms with E-state index in [4.69, 9.17) is 4.74 Å². The number of halogens is 1. The fourth-order valence-electron chi connectivity index (χ4n) is 3.50. The number of methoxy groups -OCH3 is 1. The first-order valence-electron chi connectivity index (χ1n) is 9.53. The summed E-state index contributed by atoms with van der Waals surface area (Å²) < 4.78 is 51.4. The molecule has 0 unspecified atom stereocenters. The lowest BCUT2D eigenvalue weighted by Crippen LogP contribution is -2.14. The molecule has 5 rings (SSSR count). The van der Waals surface area contributed by atoms with E-state index in [1.165, 1.54) is 30.4 Å². The van der Waals surface area contributed by atoms with E-state index in [0.29, 0.717) is 35.5 Å². The van der Waals surface area contributed by atoms with Crippen molar-refractivity contribution < 1.29 is 17.5 Å². The number of rotatable bonds is 6. The lowest BCUT2D eigenvalue weighted by molar-refractivity contribution is 0.317. The van der Waals surface area contributed by atoms with Crippen LogP contribution in [0.5, 0.6) is 5.75 Å². The number of nitrogens with zero attached hydrogens (tertiary/aromatic N) is 5. The number of benzene rings is 1. The van der Waals surface area contributed by atoms with Gasteiger partial charge in [-0.1, -0.05) is 0 Å².